The van der Waals surface area contributed by atoms with Crippen LogP contribution in [0.3, 0.4) is 0 Å². The van der Waals surface area contributed by atoms with E-state index in [1.165, 1.54) is 12.1 Å². The van der Waals surface area contributed by atoms with Gasteiger partial charge in [0.1, 0.15) is 0 Å². The molecule has 8 heteroatoms. The van der Waals surface area contributed by atoms with Gasteiger partial charge in [-0.15, -0.1) is 6.58 Å². The highest BCUT2D eigenvalue weighted by Gasteiger charge is 2.34. The Hall–Kier alpha value is -1.41. The molecule has 0 radical (unpaired) electrons. The van der Waals surface area contributed by atoms with Crippen molar-refractivity contribution in [2.24, 2.45) is 0 Å². The molecule has 0 unspecified atom stereocenters. The van der Waals surface area contributed by atoms with Crippen LogP contribution in [0.2, 0.25) is 5.02 Å². The SMILES string of the molecule is C=CC1(NS(=O)(=O)c2ccc(C(=O)O)c(Cl)c2)CCOCC1. The molecular weight excluding hydrogens is 330 g/mol. The van der Waals surface area contributed by atoms with E-state index >= 15 is 0 Å². The summed E-state index contributed by atoms with van der Waals surface area (Å²) in [6, 6.07) is 3.51. The van der Waals surface area contributed by atoms with E-state index in [2.05, 4.69) is 11.3 Å². The smallest absolute Gasteiger partial charge is 0.337 e. The van der Waals surface area contributed by atoms with Gasteiger partial charge in [-0.25, -0.2) is 17.9 Å². The van der Waals surface area contributed by atoms with Crippen molar-refractivity contribution in [1.29, 1.82) is 0 Å². The molecule has 6 nitrogen and oxygen atoms in total. The zero-order valence-corrected chi connectivity index (χ0v) is 13.3. The van der Waals surface area contributed by atoms with Crippen LogP contribution in [-0.4, -0.2) is 38.2 Å². The van der Waals surface area contributed by atoms with Crippen molar-refractivity contribution in [3.63, 3.8) is 0 Å². The van der Waals surface area contributed by atoms with E-state index in [1.807, 2.05) is 0 Å². The van der Waals surface area contributed by atoms with E-state index in [4.69, 9.17) is 21.4 Å². The number of hydrogen-bond donors (Lipinski definition) is 2. The molecule has 0 aromatic heterocycles. The van der Waals surface area contributed by atoms with Gasteiger partial charge in [-0.1, -0.05) is 17.7 Å². The molecule has 2 N–H and O–H groups in total. The molecule has 2 rings (SSSR count). The number of nitrogens with one attached hydrogen (secondary N) is 1. The second kappa shape index (κ2) is 6.37. The molecule has 1 heterocycles. The highest BCUT2D eigenvalue weighted by Crippen LogP contribution is 2.26. The lowest BCUT2D eigenvalue weighted by Gasteiger charge is -2.34. The first-order valence-corrected chi connectivity index (χ1v) is 8.44. The van der Waals surface area contributed by atoms with Gasteiger partial charge in [-0.2, -0.15) is 0 Å². The van der Waals surface area contributed by atoms with Crippen LogP contribution in [0, 0.1) is 0 Å². The van der Waals surface area contributed by atoms with Gasteiger partial charge in [0.15, 0.2) is 0 Å². The van der Waals surface area contributed by atoms with Crippen LogP contribution >= 0.6 is 11.6 Å². The Morgan fingerprint density at radius 1 is 1.41 bits per heavy atom. The molecule has 0 atom stereocenters. The largest absolute Gasteiger partial charge is 0.478 e. The number of halogens is 1. The highest BCUT2D eigenvalue weighted by atomic mass is 35.5. The molecular formula is C14H16ClNO5S. The van der Waals surface area contributed by atoms with E-state index in [0.29, 0.717) is 26.1 Å². The van der Waals surface area contributed by atoms with Crippen LogP contribution in [0.25, 0.3) is 0 Å². The first-order valence-electron chi connectivity index (χ1n) is 6.58. The van der Waals surface area contributed by atoms with Crippen LogP contribution in [0.15, 0.2) is 35.7 Å². The lowest BCUT2D eigenvalue weighted by Crippen LogP contribution is -2.50. The van der Waals surface area contributed by atoms with E-state index < -0.39 is 21.5 Å². The van der Waals surface area contributed by atoms with Gasteiger partial charge >= 0.3 is 5.97 Å². The molecule has 0 amide bonds. The van der Waals surface area contributed by atoms with Crippen molar-refractivity contribution >= 4 is 27.6 Å². The number of rotatable bonds is 5. The molecule has 1 aromatic rings. The topological polar surface area (TPSA) is 92.7 Å². The summed E-state index contributed by atoms with van der Waals surface area (Å²) in [5, 5.41) is 8.79. The van der Waals surface area contributed by atoms with Crippen LogP contribution in [0.1, 0.15) is 23.2 Å². The molecule has 120 valence electrons. The maximum atomic E-state index is 12.5. The number of hydrogen-bond acceptors (Lipinski definition) is 4. The molecule has 1 aliphatic rings. The van der Waals surface area contributed by atoms with E-state index in [-0.39, 0.29) is 15.5 Å². The summed E-state index contributed by atoms with van der Waals surface area (Å²) in [6.07, 6.45) is 2.54. The standard InChI is InChI=1S/C14H16ClNO5S/c1-2-14(5-7-21-8-6-14)16-22(19,20)10-3-4-11(13(17)18)12(15)9-10/h2-4,9,16H,1,5-8H2,(H,17,18). The minimum absolute atomic E-state index is 0.0878. The van der Waals surface area contributed by atoms with Crippen molar-refractivity contribution < 1.29 is 23.1 Å². The lowest BCUT2D eigenvalue weighted by atomic mass is 9.92. The Bertz CT molecular complexity index is 695. The van der Waals surface area contributed by atoms with Gasteiger partial charge in [0.05, 0.1) is 21.0 Å². The Balaban J connectivity index is 2.32. The fourth-order valence-corrected chi connectivity index (χ4v) is 4.03. The third-order valence-corrected chi connectivity index (χ3v) is 5.46. The van der Waals surface area contributed by atoms with Crippen molar-refractivity contribution in [3.05, 3.63) is 41.4 Å². The molecule has 0 saturated carbocycles. The maximum Gasteiger partial charge on any atom is 0.337 e. The predicted octanol–water partition coefficient (Wildman–Crippen LogP) is 2.05. The average molecular weight is 346 g/mol. The van der Waals surface area contributed by atoms with Crippen LogP contribution < -0.4 is 4.72 Å². The summed E-state index contributed by atoms with van der Waals surface area (Å²) < 4.78 is 32.8. The van der Waals surface area contributed by atoms with Gasteiger partial charge in [0, 0.05) is 13.2 Å². The molecule has 1 aliphatic heterocycles. The Morgan fingerprint density at radius 2 is 2.05 bits per heavy atom. The van der Waals surface area contributed by atoms with Crippen LogP contribution in [0.4, 0.5) is 0 Å². The molecule has 22 heavy (non-hydrogen) atoms. The summed E-state index contributed by atoms with van der Waals surface area (Å²) in [5.74, 6) is -1.21. The highest BCUT2D eigenvalue weighted by molar-refractivity contribution is 7.89. The van der Waals surface area contributed by atoms with E-state index in [1.54, 1.807) is 6.08 Å². The fourth-order valence-electron chi connectivity index (χ4n) is 2.25. The minimum atomic E-state index is -3.85. The van der Waals surface area contributed by atoms with Gasteiger partial charge in [0.25, 0.3) is 0 Å². The number of carboxylic acid groups (broad SMARTS) is 1. The predicted molar refractivity (Wildman–Crippen MR) is 81.7 cm³/mol. The number of carboxylic acids is 1. The summed E-state index contributed by atoms with van der Waals surface area (Å²) in [5.41, 5.74) is -0.917. The monoisotopic (exact) mass is 345 g/mol. The summed E-state index contributed by atoms with van der Waals surface area (Å²) in [6.45, 7) is 4.58. The molecule has 0 aliphatic carbocycles. The molecule has 1 aromatic carbocycles. The second-order valence-electron chi connectivity index (χ2n) is 5.02. The fraction of sp³-hybridized carbons (Fsp3) is 0.357. The maximum absolute atomic E-state index is 12.5. The second-order valence-corrected chi connectivity index (χ2v) is 7.11. The quantitative estimate of drug-likeness (QED) is 0.797. The summed E-state index contributed by atoms with van der Waals surface area (Å²) in [7, 11) is -3.85. The normalized spacial score (nSPS) is 17.9. The van der Waals surface area contributed by atoms with Gasteiger partial charge in [-0.3, -0.25) is 0 Å². The zero-order valence-electron chi connectivity index (χ0n) is 11.7. The minimum Gasteiger partial charge on any atom is -0.478 e. The number of benzene rings is 1. The van der Waals surface area contributed by atoms with Crippen molar-refractivity contribution in [2.75, 3.05) is 13.2 Å². The van der Waals surface area contributed by atoms with Gasteiger partial charge in [0.2, 0.25) is 10.0 Å². The molecule has 1 fully saturated rings. The number of aromatic carboxylic acids is 1. The first-order chi connectivity index (χ1) is 10.3. The summed E-state index contributed by atoms with van der Waals surface area (Å²) >= 11 is 5.83. The zero-order chi connectivity index (χ0) is 16.4. The van der Waals surface area contributed by atoms with Gasteiger partial charge < -0.3 is 9.84 Å². The Kier molecular flexibility index (Phi) is 4.91. The molecule has 0 spiro atoms. The van der Waals surface area contributed by atoms with Crippen LogP contribution in [-0.2, 0) is 14.8 Å². The lowest BCUT2D eigenvalue weighted by molar-refractivity contribution is 0.0630. The Labute approximate surface area is 133 Å². The average Bonchev–Trinajstić information content (AvgIpc) is 2.47. The number of carbonyl (C=O) groups is 1. The van der Waals surface area contributed by atoms with E-state index in [0.717, 1.165) is 6.07 Å². The van der Waals surface area contributed by atoms with Crippen molar-refractivity contribution in [1.82, 2.24) is 4.72 Å². The Morgan fingerprint density at radius 3 is 2.55 bits per heavy atom. The van der Waals surface area contributed by atoms with E-state index in [9.17, 15) is 13.2 Å². The third kappa shape index (κ3) is 3.49. The molecule has 1 saturated heterocycles. The van der Waals surface area contributed by atoms with Crippen molar-refractivity contribution in [3.8, 4) is 0 Å². The summed E-state index contributed by atoms with van der Waals surface area (Å²) in [4.78, 5) is 10.8. The van der Waals surface area contributed by atoms with Gasteiger partial charge in [-0.05, 0) is 31.0 Å². The van der Waals surface area contributed by atoms with Crippen molar-refractivity contribution in [2.45, 2.75) is 23.3 Å². The molecule has 0 bridgehead atoms. The number of sulfonamides is 1. The van der Waals surface area contributed by atoms with Crippen LogP contribution in [0.5, 0.6) is 0 Å². The third-order valence-electron chi connectivity index (χ3n) is 3.59. The first kappa shape index (κ1) is 17.0. The number of ether oxygens (including phenoxy) is 1.